The van der Waals surface area contributed by atoms with Gasteiger partial charge in [-0.1, -0.05) is 46.8 Å². The van der Waals surface area contributed by atoms with Crippen LogP contribution in [0.1, 0.15) is 47.5 Å². The molecule has 0 aromatic heterocycles. The summed E-state index contributed by atoms with van der Waals surface area (Å²) in [6.45, 7) is 15.8. The molecule has 0 amide bonds. The third kappa shape index (κ3) is 1.96. The van der Waals surface area contributed by atoms with Crippen molar-refractivity contribution < 1.29 is 14.0 Å². The zero-order chi connectivity index (χ0) is 16.6. The number of hydrogen-bond donors (Lipinski definition) is 0. The van der Waals surface area contributed by atoms with Crippen LogP contribution in [-0.2, 0) is 14.0 Å². The molecule has 2 aliphatic heterocycles. The van der Waals surface area contributed by atoms with Crippen LogP contribution in [0.4, 0.5) is 0 Å². The van der Waals surface area contributed by atoms with E-state index in [2.05, 4.69) is 59.9 Å². The van der Waals surface area contributed by atoms with E-state index in [-0.39, 0.29) is 34.2 Å². The minimum Gasteiger partial charge on any atom is -0.410 e. The topological polar surface area (TPSA) is 35.5 Å². The summed E-state index contributed by atoms with van der Waals surface area (Å²) in [4.78, 5) is 12.4. The first-order valence-electron chi connectivity index (χ1n) is 8.49. The van der Waals surface area contributed by atoms with Crippen molar-refractivity contribution in [1.29, 1.82) is 0 Å². The number of ketones is 1. The highest BCUT2D eigenvalue weighted by molar-refractivity contribution is 6.74. The normalized spacial score (nSPS) is 44.5. The van der Waals surface area contributed by atoms with E-state index in [1.165, 1.54) is 0 Å². The smallest absolute Gasteiger partial charge is 0.192 e. The van der Waals surface area contributed by atoms with Crippen molar-refractivity contribution in [3.8, 4) is 0 Å². The fourth-order valence-corrected chi connectivity index (χ4v) is 6.08. The van der Waals surface area contributed by atoms with Gasteiger partial charge in [0.25, 0.3) is 0 Å². The minimum atomic E-state index is -1.97. The Labute approximate surface area is 135 Å². The lowest BCUT2D eigenvalue weighted by Gasteiger charge is -2.58. The van der Waals surface area contributed by atoms with E-state index in [0.717, 1.165) is 0 Å². The monoisotopic (exact) mass is 322 g/mol. The fourth-order valence-electron chi connectivity index (χ4n) is 4.38. The summed E-state index contributed by atoms with van der Waals surface area (Å²) >= 11 is 0. The van der Waals surface area contributed by atoms with Gasteiger partial charge in [-0.25, -0.2) is 0 Å². The van der Waals surface area contributed by atoms with E-state index >= 15 is 0 Å². The number of Topliss-reactive ketones (excluding diaryl/α,β-unsaturated/α-hetero) is 1. The highest BCUT2D eigenvalue weighted by atomic mass is 28.4. The quantitative estimate of drug-likeness (QED) is 0.567. The Bertz CT molecular complexity index is 533. The van der Waals surface area contributed by atoms with Gasteiger partial charge in [-0.05, 0) is 18.1 Å². The van der Waals surface area contributed by atoms with Gasteiger partial charge in [-0.3, -0.25) is 4.79 Å². The predicted octanol–water partition coefficient (Wildman–Crippen LogP) is 4.09. The van der Waals surface area contributed by atoms with E-state index in [1.54, 1.807) is 0 Å². The molecular weight excluding hydrogens is 292 g/mol. The molecule has 124 valence electrons. The molecular formula is C18H30O3Si. The molecule has 0 unspecified atom stereocenters. The zero-order valence-electron chi connectivity index (χ0n) is 15.0. The molecule has 1 saturated heterocycles. The first-order chi connectivity index (χ1) is 9.93. The summed E-state index contributed by atoms with van der Waals surface area (Å²) in [5, 5.41) is 0.138. The number of rotatable bonds is 2. The Morgan fingerprint density at radius 3 is 2.50 bits per heavy atom. The zero-order valence-corrected chi connectivity index (χ0v) is 16.0. The number of hydrogen-bond acceptors (Lipinski definition) is 3. The van der Waals surface area contributed by atoms with Gasteiger partial charge in [0.1, 0.15) is 5.78 Å². The molecule has 1 saturated carbocycles. The molecule has 22 heavy (non-hydrogen) atoms. The van der Waals surface area contributed by atoms with Crippen LogP contribution in [0, 0.1) is 11.3 Å². The van der Waals surface area contributed by atoms with Crippen LogP contribution in [0.25, 0.3) is 0 Å². The molecule has 0 N–H and O–H groups in total. The molecule has 0 radical (unpaired) electrons. The van der Waals surface area contributed by atoms with Crippen molar-refractivity contribution in [2.45, 2.75) is 83.4 Å². The first-order valence-corrected chi connectivity index (χ1v) is 11.4. The van der Waals surface area contributed by atoms with Crippen LogP contribution in [0.5, 0.6) is 0 Å². The van der Waals surface area contributed by atoms with Crippen LogP contribution in [0.15, 0.2) is 12.2 Å². The summed E-state index contributed by atoms with van der Waals surface area (Å²) in [6.07, 6.45) is 5.58. The third-order valence-electron chi connectivity index (χ3n) is 6.87. The van der Waals surface area contributed by atoms with Crippen LogP contribution >= 0.6 is 0 Å². The molecule has 2 bridgehead atoms. The summed E-state index contributed by atoms with van der Waals surface area (Å²) in [7, 11) is -1.97. The Balaban J connectivity index is 2.07. The Hall–Kier alpha value is -0.453. The SMILES string of the molecule is C[C@@H]1[C@@H]2C=C[C@@H](O2)[C@@]2(C)CC(=O)C[C@@]12O[Si](C)(C)C(C)(C)C. The van der Waals surface area contributed by atoms with Crippen molar-refractivity contribution in [2.24, 2.45) is 11.3 Å². The molecule has 2 heterocycles. The van der Waals surface area contributed by atoms with Gasteiger partial charge in [-0.2, -0.15) is 0 Å². The molecule has 0 aromatic rings. The van der Waals surface area contributed by atoms with Gasteiger partial charge in [-0.15, -0.1) is 0 Å². The van der Waals surface area contributed by atoms with Crippen molar-refractivity contribution in [1.82, 2.24) is 0 Å². The molecule has 3 nitrogen and oxygen atoms in total. The number of fused-ring (bicyclic) bond motifs is 4. The third-order valence-corrected chi connectivity index (χ3v) is 11.4. The molecule has 3 rings (SSSR count). The summed E-state index contributed by atoms with van der Waals surface area (Å²) < 4.78 is 13.2. The Kier molecular flexibility index (Phi) is 3.39. The van der Waals surface area contributed by atoms with Crippen molar-refractivity contribution in [3.05, 3.63) is 12.2 Å². The average Bonchev–Trinajstić information content (AvgIpc) is 2.89. The van der Waals surface area contributed by atoms with Gasteiger partial charge in [0.05, 0.1) is 17.8 Å². The largest absolute Gasteiger partial charge is 0.410 e. The van der Waals surface area contributed by atoms with Crippen molar-refractivity contribution in [3.63, 3.8) is 0 Å². The second kappa shape index (κ2) is 4.55. The molecule has 0 aromatic carbocycles. The summed E-state index contributed by atoms with van der Waals surface area (Å²) in [6, 6.07) is 0. The van der Waals surface area contributed by atoms with E-state index in [4.69, 9.17) is 9.16 Å². The standard InChI is InChI=1S/C18H30O3Si/c1-12-14-8-9-15(20-14)17(5)10-13(19)11-18(12,17)21-22(6,7)16(2,3)4/h8-9,12,14-15H,10-11H2,1-7H3/t12-,14+,15-,17-,18-/m1/s1. The van der Waals surface area contributed by atoms with Crippen LogP contribution in [0.3, 0.4) is 0 Å². The summed E-state index contributed by atoms with van der Waals surface area (Å²) in [5.74, 6) is 0.547. The number of carbonyl (C=O) groups is 1. The van der Waals surface area contributed by atoms with Crippen molar-refractivity contribution in [2.75, 3.05) is 0 Å². The van der Waals surface area contributed by atoms with Gasteiger partial charge in [0.2, 0.25) is 0 Å². The maximum absolute atomic E-state index is 12.4. The van der Waals surface area contributed by atoms with E-state index in [9.17, 15) is 4.79 Å². The maximum Gasteiger partial charge on any atom is 0.192 e. The molecule has 0 spiro atoms. The average molecular weight is 323 g/mol. The van der Waals surface area contributed by atoms with E-state index in [1.807, 2.05) is 0 Å². The molecule has 3 aliphatic rings. The van der Waals surface area contributed by atoms with Gasteiger partial charge in [0, 0.05) is 24.2 Å². The van der Waals surface area contributed by atoms with Gasteiger partial charge < -0.3 is 9.16 Å². The highest BCUT2D eigenvalue weighted by Crippen LogP contribution is 2.62. The lowest BCUT2D eigenvalue weighted by atomic mass is 9.64. The van der Waals surface area contributed by atoms with Crippen LogP contribution < -0.4 is 0 Å². The number of carbonyl (C=O) groups excluding carboxylic acids is 1. The maximum atomic E-state index is 12.4. The second-order valence-electron chi connectivity index (χ2n) is 9.26. The second-order valence-corrected chi connectivity index (χ2v) is 14.0. The van der Waals surface area contributed by atoms with Crippen molar-refractivity contribution >= 4 is 14.1 Å². The van der Waals surface area contributed by atoms with Crippen LogP contribution in [-0.4, -0.2) is 31.9 Å². The number of ether oxygens (including phenoxy) is 1. The summed E-state index contributed by atoms with van der Waals surface area (Å²) in [5.41, 5.74) is -0.604. The first kappa shape index (κ1) is 16.4. The van der Waals surface area contributed by atoms with Gasteiger partial charge >= 0.3 is 0 Å². The molecule has 1 aliphatic carbocycles. The van der Waals surface area contributed by atoms with E-state index in [0.29, 0.717) is 18.6 Å². The predicted molar refractivity (Wildman–Crippen MR) is 90.3 cm³/mol. The molecule has 4 heteroatoms. The van der Waals surface area contributed by atoms with Crippen LogP contribution in [0.2, 0.25) is 18.1 Å². The Morgan fingerprint density at radius 1 is 1.27 bits per heavy atom. The Morgan fingerprint density at radius 2 is 1.91 bits per heavy atom. The highest BCUT2D eigenvalue weighted by Gasteiger charge is 2.69. The van der Waals surface area contributed by atoms with Gasteiger partial charge in [0.15, 0.2) is 8.32 Å². The lowest BCUT2D eigenvalue weighted by molar-refractivity contribution is -0.208. The molecule has 5 atom stereocenters. The van der Waals surface area contributed by atoms with E-state index < -0.39 is 8.32 Å². The molecule has 2 fully saturated rings. The lowest BCUT2D eigenvalue weighted by Crippen LogP contribution is -2.65. The fraction of sp³-hybridized carbons (Fsp3) is 0.833. The minimum absolute atomic E-state index is 0.0184.